The monoisotopic (exact) mass is 377 g/mol. The van der Waals surface area contributed by atoms with Gasteiger partial charge >= 0.3 is 0 Å². The van der Waals surface area contributed by atoms with E-state index in [1.807, 2.05) is 7.05 Å². The van der Waals surface area contributed by atoms with Crippen LogP contribution in [0.1, 0.15) is 45.4 Å². The molecule has 0 bridgehead atoms. The summed E-state index contributed by atoms with van der Waals surface area (Å²) in [6, 6.07) is 0.542. The Morgan fingerprint density at radius 3 is 2.53 bits per heavy atom. The van der Waals surface area contributed by atoms with Crippen molar-refractivity contribution in [1.82, 2.24) is 10.6 Å². The van der Waals surface area contributed by atoms with E-state index < -0.39 is 0 Å². The van der Waals surface area contributed by atoms with Crippen LogP contribution in [-0.4, -0.2) is 25.6 Å². The lowest BCUT2D eigenvalue weighted by molar-refractivity contribution is 0.256. The molecule has 0 aromatic heterocycles. The number of guanidine groups is 1. The van der Waals surface area contributed by atoms with Gasteiger partial charge in [0.2, 0.25) is 0 Å². The minimum atomic E-state index is 0. The SMILES string of the molecule is CN=C(NCC1CCCCC1C)NC1CC=CC1.I. The maximum absolute atomic E-state index is 4.33. The molecule has 0 saturated heterocycles. The maximum atomic E-state index is 4.33. The summed E-state index contributed by atoms with van der Waals surface area (Å²) in [4.78, 5) is 4.33. The van der Waals surface area contributed by atoms with Crippen molar-refractivity contribution in [3.8, 4) is 0 Å². The number of hydrogen-bond donors (Lipinski definition) is 2. The van der Waals surface area contributed by atoms with Crippen LogP contribution in [-0.2, 0) is 0 Å². The average Bonchev–Trinajstić information content (AvgIpc) is 2.89. The fourth-order valence-corrected chi connectivity index (χ4v) is 3.05. The molecule has 0 aromatic carbocycles. The largest absolute Gasteiger partial charge is 0.356 e. The van der Waals surface area contributed by atoms with Gasteiger partial charge < -0.3 is 10.6 Å². The zero-order valence-corrected chi connectivity index (χ0v) is 14.5. The predicted octanol–water partition coefficient (Wildman–Crippen LogP) is 3.31. The molecule has 2 N–H and O–H groups in total. The van der Waals surface area contributed by atoms with Crippen LogP contribution in [0.2, 0.25) is 0 Å². The summed E-state index contributed by atoms with van der Waals surface area (Å²) in [7, 11) is 1.86. The van der Waals surface area contributed by atoms with Crippen molar-refractivity contribution in [2.24, 2.45) is 16.8 Å². The number of hydrogen-bond acceptors (Lipinski definition) is 1. The molecular weight excluding hydrogens is 349 g/mol. The molecule has 0 amide bonds. The highest BCUT2D eigenvalue weighted by atomic mass is 127. The van der Waals surface area contributed by atoms with Gasteiger partial charge in [-0.15, -0.1) is 24.0 Å². The van der Waals surface area contributed by atoms with Crippen LogP contribution >= 0.6 is 24.0 Å². The summed E-state index contributed by atoms with van der Waals surface area (Å²) >= 11 is 0. The molecule has 0 aliphatic heterocycles. The Balaban J connectivity index is 0.00000180. The fourth-order valence-electron chi connectivity index (χ4n) is 3.05. The van der Waals surface area contributed by atoms with Crippen molar-refractivity contribution < 1.29 is 0 Å². The van der Waals surface area contributed by atoms with Gasteiger partial charge in [-0.3, -0.25) is 4.99 Å². The van der Waals surface area contributed by atoms with E-state index in [2.05, 4.69) is 34.7 Å². The lowest BCUT2D eigenvalue weighted by atomic mass is 9.80. The summed E-state index contributed by atoms with van der Waals surface area (Å²) < 4.78 is 0. The highest BCUT2D eigenvalue weighted by molar-refractivity contribution is 14.0. The standard InChI is InChI=1S/C15H27N3.HI/c1-12-7-3-4-8-13(12)11-17-15(16-2)18-14-9-5-6-10-14;/h5-6,12-14H,3-4,7-11H2,1-2H3,(H2,16,17,18);1H. The molecule has 2 atom stereocenters. The molecule has 1 saturated carbocycles. The highest BCUT2D eigenvalue weighted by Crippen LogP contribution is 2.28. The van der Waals surface area contributed by atoms with Gasteiger partial charge in [-0.25, -0.2) is 0 Å². The summed E-state index contributed by atoms with van der Waals surface area (Å²) in [6.07, 6.45) is 12.3. The Morgan fingerprint density at radius 1 is 1.21 bits per heavy atom. The number of nitrogens with zero attached hydrogens (tertiary/aromatic N) is 1. The lowest BCUT2D eigenvalue weighted by Gasteiger charge is -2.29. The first-order valence-corrected chi connectivity index (χ1v) is 7.41. The smallest absolute Gasteiger partial charge is 0.191 e. The van der Waals surface area contributed by atoms with Crippen LogP contribution in [0.15, 0.2) is 17.1 Å². The van der Waals surface area contributed by atoms with Gasteiger partial charge in [-0.2, -0.15) is 0 Å². The van der Waals surface area contributed by atoms with Crippen molar-refractivity contribution >= 4 is 29.9 Å². The molecule has 2 aliphatic carbocycles. The van der Waals surface area contributed by atoms with E-state index in [9.17, 15) is 0 Å². The highest BCUT2D eigenvalue weighted by Gasteiger charge is 2.21. The average molecular weight is 377 g/mol. The van der Waals surface area contributed by atoms with Crippen LogP contribution in [0.5, 0.6) is 0 Å². The second-order valence-electron chi connectivity index (χ2n) is 5.76. The third kappa shape index (κ3) is 5.32. The third-order valence-electron chi connectivity index (χ3n) is 4.39. The number of aliphatic imine (C=N–C) groups is 1. The molecule has 3 nitrogen and oxygen atoms in total. The molecule has 4 heteroatoms. The second kappa shape index (κ2) is 8.82. The topological polar surface area (TPSA) is 36.4 Å². The molecule has 2 unspecified atom stereocenters. The predicted molar refractivity (Wildman–Crippen MR) is 93.2 cm³/mol. The van der Waals surface area contributed by atoms with Gasteiger partial charge in [-0.05, 0) is 31.1 Å². The Hall–Kier alpha value is -0.260. The van der Waals surface area contributed by atoms with E-state index >= 15 is 0 Å². The van der Waals surface area contributed by atoms with Crippen LogP contribution in [0.3, 0.4) is 0 Å². The number of halogens is 1. The van der Waals surface area contributed by atoms with Gasteiger partial charge in [0.05, 0.1) is 0 Å². The van der Waals surface area contributed by atoms with Crippen LogP contribution < -0.4 is 10.6 Å². The minimum Gasteiger partial charge on any atom is -0.356 e. The molecule has 2 rings (SSSR count). The number of rotatable bonds is 3. The quantitative estimate of drug-likeness (QED) is 0.343. The van der Waals surface area contributed by atoms with Crippen LogP contribution in [0, 0.1) is 11.8 Å². The van der Waals surface area contributed by atoms with E-state index in [0.29, 0.717) is 6.04 Å². The van der Waals surface area contributed by atoms with Crippen molar-refractivity contribution in [3.63, 3.8) is 0 Å². The second-order valence-corrected chi connectivity index (χ2v) is 5.76. The lowest BCUT2D eigenvalue weighted by Crippen LogP contribution is -2.45. The van der Waals surface area contributed by atoms with Gasteiger partial charge in [0, 0.05) is 19.6 Å². The first-order chi connectivity index (χ1) is 8.79. The molecule has 0 spiro atoms. The molecule has 0 aromatic rings. The van der Waals surface area contributed by atoms with E-state index in [4.69, 9.17) is 0 Å². The molecule has 19 heavy (non-hydrogen) atoms. The van der Waals surface area contributed by atoms with Gasteiger partial charge in [0.25, 0.3) is 0 Å². The molecule has 0 radical (unpaired) electrons. The van der Waals surface area contributed by atoms with Crippen LogP contribution in [0.25, 0.3) is 0 Å². The molecule has 2 aliphatic rings. The maximum Gasteiger partial charge on any atom is 0.191 e. The van der Waals surface area contributed by atoms with E-state index in [1.165, 1.54) is 25.7 Å². The molecule has 0 heterocycles. The summed E-state index contributed by atoms with van der Waals surface area (Å²) in [5.41, 5.74) is 0. The van der Waals surface area contributed by atoms with Crippen molar-refractivity contribution in [1.29, 1.82) is 0 Å². The van der Waals surface area contributed by atoms with E-state index in [1.54, 1.807) is 0 Å². The Morgan fingerprint density at radius 2 is 1.89 bits per heavy atom. The third-order valence-corrected chi connectivity index (χ3v) is 4.39. The molecule has 1 fully saturated rings. The first-order valence-electron chi connectivity index (χ1n) is 7.41. The van der Waals surface area contributed by atoms with E-state index in [0.717, 1.165) is 37.2 Å². The van der Waals surface area contributed by atoms with Crippen LogP contribution in [0.4, 0.5) is 0 Å². The van der Waals surface area contributed by atoms with Crippen molar-refractivity contribution in [3.05, 3.63) is 12.2 Å². The van der Waals surface area contributed by atoms with Gasteiger partial charge in [0.15, 0.2) is 5.96 Å². The zero-order valence-electron chi connectivity index (χ0n) is 12.2. The summed E-state index contributed by atoms with van der Waals surface area (Å²) in [5, 5.41) is 7.00. The summed E-state index contributed by atoms with van der Waals surface area (Å²) in [5.74, 6) is 2.65. The van der Waals surface area contributed by atoms with E-state index in [-0.39, 0.29) is 24.0 Å². The van der Waals surface area contributed by atoms with Crippen molar-refractivity contribution in [2.75, 3.05) is 13.6 Å². The van der Waals surface area contributed by atoms with Gasteiger partial charge in [0.1, 0.15) is 0 Å². The first kappa shape index (κ1) is 16.8. The number of nitrogens with one attached hydrogen (secondary N) is 2. The Bertz CT molecular complexity index is 307. The van der Waals surface area contributed by atoms with Crippen molar-refractivity contribution in [2.45, 2.75) is 51.5 Å². The Labute approximate surface area is 134 Å². The zero-order chi connectivity index (χ0) is 12.8. The fraction of sp³-hybridized carbons (Fsp3) is 0.800. The van der Waals surface area contributed by atoms with Gasteiger partial charge in [-0.1, -0.05) is 38.3 Å². The normalized spacial score (nSPS) is 28.0. The molecular formula is C15H28IN3. The summed E-state index contributed by atoms with van der Waals surface area (Å²) in [6.45, 7) is 3.46. The molecule has 110 valence electrons. The minimum absolute atomic E-state index is 0. The Kier molecular flexibility index (Phi) is 7.80.